The molecule has 26 heavy (non-hydrogen) atoms. The summed E-state index contributed by atoms with van der Waals surface area (Å²) >= 11 is 0. The van der Waals surface area contributed by atoms with Crippen LogP contribution in [0.1, 0.15) is 25.5 Å². The fourth-order valence-electron chi connectivity index (χ4n) is 3.44. The smallest absolute Gasteiger partial charge is 0.150 e. The van der Waals surface area contributed by atoms with E-state index in [2.05, 4.69) is 28.3 Å². The standard InChI is InChI=1S/C20H21N3O3/c1-2-10-24-20(3-1)23-18(6-9-22-23)14-4-5-16-17(11-14)21-8-7-19(16)26-13-15-12-25-15/h4-9,11,15,20H,1-3,10,12-13H2. The molecule has 4 heterocycles. The quantitative estimate of drug-likeness (QED) is 0.658. The SMILES string of the molecule is c1cc(OCC2CO2)c2ccc(-c3ccnn3C3CCCCO3)cc2n1. The van der Waals surface area contributed by atoms with Crippen LogP contribution in [0.25, 0.3) is 22.2 Å². The van der Waals surface area contributed by atoms with E-state index < -0.39 is 0 Å². The second-order valence-corrected chi connectivity index (χ2v) is 6.79. The molecule has 1 aromatic carbocycles. The number of rotatable bonds is 5. The number of aromatic nitrogens is 3. The average Bonchev–Trinajstić information content (AvgIpc) is 3.40. The largest absolute Gasteiger partial charge is 0.490 e. The highest BCUT2D eigenvalue weighted by Crippen LogP contribution is 2.32. The summed E-state index contributed by atoms with van der Waals surface area (Å²) in [5, 5.41) is 5.51. The van der Waals surface area contributed by atoms with E-state index in [1.807, 2.05) is 23.0 Å². The van der Waals surface area contributed by atoms with E-state index in [4.69, 9.17) is 14.2 Å². The van der Waals surface area contributed by atoms with Crippen LogP contribution in [0, 0.1) is 0 Å². The van der Waals surface area contributed by atoms with Crippen LogP contribution in [-0.2, 0) is 9.47 Å². The van der Waals surface area contributed by atoms with E-state index in [0.717, 1.165) is 54.0 Å². The minimum absolute atomic E-state index is 0.0191. The molecule has 3 aromatic rings. The summed E-state index contributed by atoms with van der Waals surface area (Å²) in [5.74, 6) is 0.848. The highest BCUT2D eigenvalue weighted by molar-refractivity contribution is 5.88. The monoisotopic (exact) mass is 351 g/mol. The minimum atomic E-state index is 0.0191. The van der Waals surface area contributed by atoms with E-state index in [1.165, 1.54) is 6.42 Å². The van der Waals surface area contributed by atoms with Crippen molar-refractivity contribution >= 4 is 10.9 Å². The van der Waals surface area contributed by atoms with Crippen LogP contribution in [-0.4, -0.2) is 40.7 Å². The average molecular weight is 351 g/mol. The van der Waals surface area contributed by atoms with Crippen molar-refractivity contribution in [1.82, 2.24) is 14.8 Å². The molecule has 2 aliphatic rings. The minimum Gasteiger partial charge on any atom is -0.490 e. The predicted molar refractivity (Wildman–Crippen MR) is 97.0 cm³/mol. The Morgan fingerprint density at radius 1 is 1.12 bits per heavy atom. The molecule has 2 aromatic heterocycles. The summed E-state index contributed by atoms with van der Waals surface area (Å²) in [4.78, 5) is 4.53. The van der Waals surface area contributed by atoms with Crippen molar-refractivity contribution in [1.29, 1.82) is 0 Å². The van der Waals surface area contributed by atoms with Crippen molar-refractivity contribution in [2.45, 2.75) is 31.6 Å². The third-order valence-electron chi connectivity index (χ3n) is 4.92. The van der Waals surface area contributed by atoms with Gasteiger partial charge < -0.3 is 14.2 Å². The van der Waals surface area contributed by atoms with Gasteiger partial charge in [-0.05, 0) is 43.5 Å². The molecule has 0 N–H and O–H groups in total. The third kappa shape index (κ3) is 3.06. The zero-order chi connectivity index (χ0) is 17.3. The number of pyridine rings is 1. The second-order valence-electron chi connectivity index (χ2n) is 6.79. The Morgan fingerprint density at radius 2 is 2.08 bits per heavy atom. The maximum absolute atomic E-state index is 5.90. The molecule has 6 heteroatoms. The van der Waals surface area contributed by atoms with Gasteiger partial charge in [0, 0.05) is 30.0 Å². The van der Waals surface area contributed by atoms with Crippen molar-refractivity contribution in [2.75, 3.05) is 19.8 Å². The molecule has 0 aliphatic carbocycles. The van der Waals surface area contributed by atoms with Gasteiger partial charge in [0.2, 0.25) is 0 Å². The molecule has 0 spiro atoms. The number of epoxide rings is 1. The summed E-state index contributed by atoms with van der Waals surface area (Å²) in [6, 6.07) is 10.2. The Bertz CT molecular complexity index is 914. The molecule has 2 saturated heterocycles. The van der Waals surface area contributed by atoms with Crippen molar-refractivity contribution in [3.8, 4) is 17.0 Å². The van der Waals surface area contributed by atoms with Crippen LogP contribution >= 0.6 is 0 Å². The third-order valence-corrected chi connectivity index (χ3v) is 4.92. The predicted octanol–water partition coefficient (Wildman–Crippen LogP) is 3.58. The second kappa shape index (κ2) is 6.70. The molecule has 134 valence electrons. The Labute approximate surface area is 151 Å². The summed E-state index contributed by atoms with van der Waals surface area (Å²) < 4.78 is 19.0. The summed E-state index contributed by atoms with van der Waals surface area (Å²) in [6.45, 7) is 2.18. The Kier molecular flexibility index (Phi) is 4.07. The number of hydrogen-bond acceptors (Lipinski definition) is 5. The van der Waals surface area contributed by atoms with Crippen LogP contribution in [0.2, 0.25) is 0 Å². The molecule has 2 atom stereocenters. The topological polar surface area (TPSA) is 61.7 Å². The molecule has 2 unspecified atom stereocenters. The van der Waals surface area contributed by atoms with Crippen molar-refractivity contribution < 1.29 is 14.2 Å². The molecule has 0 radical (unpaired) electrons. The normalized spacial score (nSPS) is 22.5. The van der Waals surface area contributed by atoms with Gasteiger partial charge in [0.05, 0.1) is 17.8 Å². The van der Waals surface area contributed by atoms with Crippen LogP contribution < -0.4 is 4.74 Å². The highest BCUT2D eigenvalue weighted by atomic mass is 16.6. The molecular formula is C20H21N3O3. The maximum atomic E-state index is 5.90. The van der Waals surface area contributed by atoms with Gasteiger partial charge in [-0.2, -0.15) is 5.10 Å². The fraction of sp³-hybridized carbons (Fsp3) is 0.400. The van der Waals surface area contributed by atoms with Crippen LogP contribution in [0.5, 0.6) is 5.75 Å². The van der Waals surface area contributed by atoms with Gasteiger partial charge in [-0.25, -0.2) is 4.68 Å². The van der Waals surface area contributed by atoms with Gasteiger partial charge >= 0.3 is 0 Å². The molecular weight excluding hydrogens is 330 g/mol. The van der Waals surface area contributed by atoms with E-state index in [9.17, 15) is 0 Å². The number of nitrogens with zero attached hydrogens (tertiary/aromatic N) is 3. The number of benzene rings is 1. The molecule has 5 rings (SSSR count). The first-order valence-electron chi connectivity index (χ1n) is 9.17. The molecule has 6 nitrogen and oxygen atoms in total. The van der Waals surface area contributed by atoms with Gasteiger partial charge in [0.1, 0.15) is 18.5 Å². The molecule has 0 bridgehead atoms. The summed E-state index contributed by atoms with van der Waals surface area (Å²) in [6.07, 6.45) is 7.18. The molecule has 2 fully saturated rings. The first-order chi connectivity index (χ1) is 12.9. The first kappa shape index (κ1) is 15.8. The van der Waals surface area contributed by atoms with E-state index in [1.54, 1.807) is 6.20 Å². The lowest BCUT2D eigenvalue weighted by molar-refractivity contribution is -0.0383. The van der Waals surface area contributed by atoms with Gasteiger partial charge in [-0.3, -0.25) is 4.98 Å². The molecule has 2 aliphatic heterocycles. The van der Waals surface area contributed by atoms with Crippen molar-refractivity contribution in [3.63, 3.8) is 0 Å². The number of ether oxygens (including phenoxy) is 3. The maximum Gasteiger partial charge on any atom is 0.150 e. The molecule has 0 saturated carbocycles. The summed E-state index contributed by atoms with van der Waals surface area (Å²) in [7, 11) is 0. The van der Waals surface area contributed by atoms with Gasteiger partial charge in [0.15, 0.2) is 6.23 Å². The highest BCUT2D eigenvalue weighted by Gasteiger charge is 2.23. The number of hydrogen-bond donors (Lipinski definition) is 0. The van der Waals surface area contributed by atoms with E-state index in [0.29, 0.717) is 6.61 Å². The van der Waals surface area contributed by atoms with Gasteiger partial charge in [-0.1, -0.05) is 6.07 Å². The van der Waals surface area contributed by atoms with E-state index in [-0.39, 0.29) is 12.3 Å². The Morgan fingerprint density at radius 3 is 2.92 bits per heavy atom. The van der Waals surface area contributed by atoms with Crippen molar-refractivity contribution in [3.05, 3.63) is 42.7 Å². The Balaban J connectivity index is 1.47. The fourth-order valence-corrected chi connectivity index (χ4v) is 3.44. The number of fused-ring (bicyclic) bond motifs is 1. The first-order valence-corrected chi connectivity index (χ1v) is 9.17. The lowest BCUT2D eigenvalue weighted by Crippen LogP contribution is -2.19. The van der Waals surface area contributed by atoms with E-state index >= 15 is 0 Å². The summed E-state index contributed by atoms with van der Waals surface area (Å²) in [5.41, 5.74) is 3.05. The van der Waals surface area contributed by atoms with Crippen LogP contribution in [0.15, 0.2) is 42.7 Å². The lowest BCUT2D eigenvalue weighted by Gasteiger charge is -2.24. The zero-order valence-electron chi connectivity index (χ0n) is 14.5. The molecule has 0 amide bonds. The van der Waals surface area contributed by atoms with Crippen LogP contribution in [0.4, 0.5) is 0 Å². The van der Waals surface area contributed by atoms with Crippen LogP contribution in [0.3, 0.4) is 0 Å². The van der Waals surface area contributed by atoms with Gasteiger partial charge in [-0.15, -0.1) is 0 Å². The van der Waals surface area contributed by atoms with Gasteiger partial charge in [0.25, 0.3) is 0 Å². The van der Waals surface area contributed by atoms with Crippen molar-refractivity contribution in [2.24, 2.45) is 0 Å². The zero-order valence-corrected chi connectivity index (χ0v) is 14.5. The lowest BCUT2D eigenvalue weighted by atomic mass is 10.1. The Hall–Kier alpha value is -2.44.